The minimum absolute atomic E-state index is 0.101. The van der Waals surface area contributed by atoms with Crippen LogP contribution in [0.3, 0.4) is 0 Å². The van der Waals surface area contributed by atoms with Gasteiger partial charge in [-0.15, -0.1) is 0 Å². The zero-order valence-corrected chi connectivity index (χ0v) is 20.3. The fourth-order valence-corrected chi connectivity index (χ4v) is 6.25. The van der Waals surface area contributed by atoms with E-state index < -0.39 is 10.0 Å². The van der Waals surface area contributed by atoms with Gasteiger partial charge in [0.15, 0.2) is 11.5 Å². The topological polar surface area (TPSA) is 84.9 Å². The van der Waals surface area contributed by atoms with Crippen molar-refractivity contribution in [3.63, 3.8) is 0 Å². The highest BCUT2D eigenvalue weighted by Crippen LogP contribution is 2.34. The summed E-state index contributed by atoms with van der Waals surface area (Å²) in [6.45, 7) is 2.57. The number of sulfonamides is 1. The van der Waals surface area contributed by atoms with Crippen LogP contribution in [0.25, 0.3) is 0 Å². The van der Waals surface area contributed by atoms with Gasteiger partial charge in [0.05, 0.1) is 19.1 Å². The van der Waals surface area contributed by atoms with Gasteiger partial charge in [-0.1, -0.05) is 6.07 Å². The van der Waals surface area contributed by atoms with Crippen LogP contribution in [0.5, 0.6) is 11.5 Å². The van der Waals surface area contributed by atoms with Crippen molar-refractivity contribution in [3.05, 3.63) is 47.0 Å². The molecule has 178 valence electrons. The number of anilines is 1. The third kappa shape index (κ3) is 4.87. The third-order valence-corrected chi connectivity index (χ3v) is 8.67. The molecule has 0 atom stereocenters. The maximum Gasteiger partial charge on any atom is 0.243 e. The van der Waals surface area contributed by atoms with Gasteiger partial charge in [-0.25, -0.2) is 8.42 Å². The Hall–Kier alpha value is -2.58. The number of hydrogen-bond donors (Lipinski definition) is 1. The average molecular weight is 473 g/mol. The van der Waals surface area contributed by atoms with E-state index in [4.69, 9.17) is 9.47 Å². The van der Waals surface area contributed by atoms with E-state index in [0.29, 0.717) is 48.0 Å². The van der Waals surface area contributed by atoms with Gasteiger partial charge >= 0.3 is 0 Å². The summed E-state index contributed by atoms with van der Waals surface area (Å²) in [5.41, 5.74) is 3.96. The Morgan fingerprint density at radius 3 is 2.27 bits per heavy atom. The van der Waals surface area contributed by atoms with E-state index >= 15 is 0 Å². The van der Waals surface area contributed by atoms with Gasteiger partial charge in [0.25, 0.3) is 0 Å². The van der Waals surface area contributed by atoms with Gasteiger partial charge in [-0.3, -0.25) is 4.79 Å². The molecule has 1 amide bonds. The summed E-state index contributed by atoms with van der Waals surface area (Å²) in [5, 5.41) is 2.98. The second-order valence-electron chi connectivity index (χ2n) is 8.83. The molecule has 1 aliphatic heterocycles. The number of ether oxygens (including phenoxy) is 2. The molecule has 2 aromatic carbocycles. The van der Waals surface area contributed by atoms with E-state index in [-0.39, 0.29) is 11.8 Å². The van der Waals surface area contributed by atoms with Crippen molar-refractivity contribution in [2.24, 2.45) is 5.92 Å². The van der Waals surface area contributed by atoms with Crippen molar-refractivity contribution < 1.29 is 22.7 Å². The molecule has 0 saturated carbocycles. The second kappa shape index (κ2) is 9.73. The highest BCUT2D eigenvalue weighted by Gasteiger charge is 2.32. The molecule has 0 bridgehead atoms. The lowest BCUT2D eigenvalue weighted by atomic mass is 9.92. The zero-order valence-electron chi connectivity index (χ0n) is 19.5. The minimum Gasteiger partial charge on any atom is -0.493 e. The predicted molar refractivity (Wildman–Crippen MR) is 127 cm³/mol. The van der Waals surface area contributed by atoms with E-state index in [1.165, 1.54) is 9.87 Å². The van der Waals surface area contributed by atoms with Crippen LogP contribution < -0.4 is 14.8 Å². The number of piperidine rings is 1. The second-order valence-corrected chi connectivity index (χ2v) is 10.8. The summed E-state index contributed by atoms with van der Waals surface area (Å²) in [6, 6.07) is 9.12. The zero-order chi connectivity index (χ0) is 23.6. The summed E-state index contributed by atoms with van der Waals surface area (Å²) < 4.78 is 38.6. The Bertz CT molecular complexity index is 1140. The molecule has 0 radical (unpaired) electrons. The van der Waals surface area contributed by atoms with Gasteiger partial charge in [-0.05, 0) is 80.3 Å². The molecule has 1 N–H and O–H groups in total. The molecule has 1 heterocycles. The lowest BCUT2D eigenvalue weighted by Crippen LogP contribution is -2.41. The van der Waals surface area contributed by atoms with Crippen molar-refractivity contribution in [2.75, 3.05) is 32.6 Å². The molecule has 0 aromatic heterocycles. The van der Waals surface area contributed by atoms with Crippen LogP contribution in [0.2, 0.25) is 0 Å². The van der Waals surface area contributed by atoms with Crippen LogP contribution in [0, 0.1) is 12.8 Å². The molecule has 8 heteroatoms. The number of fused-ring (bicyclic) bond motifs is 1. The van der Waals surface area contributed by atoms with Crippen molar-refractivity contribution in [2.45, 2.75) is 50.3 Å². The largest absolute Gasteiger partial charge is 0.493 e. The maximum absolute atomic E-state index is 13.2. The molecule has 1 saturated heterocycles. The van der Waals surface area contributed by atoms with Crippen LogP contribution in [-0.4, -0.2) is 45.9 Å². The van der Waals surface area contributed by atoms with Crippen molar-refractivity contribution in [3.8, 4) is 11.5 Å². The smallest absolute Gasteiger partial charge is 0.243 e. The number of amides is 1. The number of carbonyl (C=O) groups excluding carboxylic acids is 1. The van der Waals surface area contributed by atoms with Crippen molar-refractivity contribution in [1.82, 2.24) is 4.31 Å². The first-order chi connectivity index (χ1) is 15.8. The molecule has 1 fully saturated rings. The Balaban J connectivity index is 1.41. The monoisotopic (exact) mass is 472 g/mol. The van der Waals surface area contributed by atoms with Gasteiger partial charge in [0.1, 0.15) is 0 Å². The molecule has 7 nitrogen and oxygen atoms in total. The molecule has 0 spiro atoms. The number of aryl methyl sites for hydroxylation is 3. The molecular formula is C25H32N2O5S. The van der Waals surface area contributed by atoms with E-state index in [1.807, 2.05) is 25.1 Å². The number of nitrogens with one attached hydrogen (secondary N) is 1. The summed E-state index contributed by atoms with van der Waals surface area (Å²) in [7, 11) is -0.432. The number of carbonyl (C=O) groups is 1. The number of methoxy groups -OCH3 is 2. The lowest BCUT2D eigenvalue weighted by molar-refractivity contribution is -0.120. The van der Waals surface area contributed by atoms with E-state index in [0.717, 1.165) is 36.8 Å². The van der Waals surface area contributed by atoms with Crippen LogP contribution >= 0.6 is 0 Å². The Morgan fingerprint density at radius 1 is 0.970 bits per heavy atom. The number of benzene rings is 2. The molecular weight excluding hydrogens is 440 g/mol. The van der Waals surface area contributed by atoms with Crippen molar-refractivity contribution in [1.29, 1.82) is 0 Å². The predicted octanol–water partition coefficient (Wildman–Crippen LogP) is 3.93. The van der Waals surface area contributed by atoms with Gasteiger partial charge in [0.2, 0.25) is 15.9 Å². The van der Waals surface area contributed by atoms with Gasteiger partial charge in [-0.2, -0.15) is 4.31 Å². The first-order valence-corrected chi connectivity index (χ1v) is 12.9. The SMILES string of the molecule is COc1cc(C)c(NC(=O)C2CCN(S(=O)(=O)c3ccc4c(c3)CCCC4)CC2)cc1OC. The van der Waals surface area contributed by atoms with Crippen LogP contribution in [0.4, 0.5) is 5.69 Å². The Kier molecular flexibility index (Phi) is 6.95. The lowest BCUT2D eigenvalue weighted by Gasteiger charge is -2.31. The van der Waals surface area contributed by atoms with E-state index in [9.17, 15) is 13.2 Å². The van der Waals surface area contributed by atoms with Crippen LogP contribution in [-0.2, 0) is 27.7 Å². The molecule has 0 unspecified atom stereocenters. The molecule has 2 aliphatic rings. The quantitative estimate of drug-likeness (QED) is 0.689. The first kappa shape index (κ1) is 23.6. The summed E-state index contributed by atoms with van der Waals surface area (Å²) in [4.78, 5) is 13.3. The first-order valence-electron chi connectivity index (χ1n) is 11.5. The van der Waals surface area contributed by atoms with Crippen LogP contribution in [0.15, 0.2) is 35.2 Å². The van der Waals surface area contributed by atoms with E-state index in [1.54, 1.807) is 26.4 Å². The highest BCUT2D eigenvalue weighted by molar-refractivity contribution is 7.89. The van der Waals surface area contributed by atoms with E-state index in [2.05, 4.69) is 5.32 Å². The molecule has 33 heavy (non-hydrogen) atoms. The summed E-state index contributed by atoms with van der Waals surface area (Å²) in [6.07, 6.45) is 5.21. The standard InChI is InChI=1S/C25H32N2O5S/c1-17-14-23(31-2)24(32-3)16-22(17)26-25(28)19-10-12-27(13-11-19)33(29,30)21-9-8-18-6-4-5-7-20(18)15-21/h8-9,14-16,19H,4-7,10-13H2,1-3H3,(H,26,28). The number of hydrogen-bond acceptors (Lipinski definition) is 5. The molecule has 4 rings (SSSR count). The van der Waals surface area contributed by atoms with Crippen LogP contribution in [0.1, 0.15) is 42.4 Å². The van der Waals surface area contributed by atoms with Crippen molar-refractivity contribution >= 4 is 21.6 Å². The normalized spacial score (nSPS) is 17.3. The van der Waals surface area contributed by atoms with Gasteiger partial charge < -0.3 is 14.8 Å². The van der Waals surface area contributed by atoms with Gasteiger partial charge in [0, 0.05) is 30.8 Å². The fourth-order valence-electron chi connectivity index (χ4n) is 4.73. The highest BCUT2D eigenvalue weighted by atomic mass is 32.2. The molecule has 2 aromatic rings. The maximum atomic E-state index is 13.2. The average Bonchev–Trinajstić information content (AvgIpc) is 2.84. The Labute approximate surface area is 196 Å². The molecule has 1 aliphatic carbocycles. The Morgan fingerprint density at radius 2 is 1.61 bits per heavy atom. The number of nitrogens with zero attached hydrogens (tertiary/aromatic N) is 1. The number of rotatable bonds is 6. The summed E-state index contributed by atoms with van der Waals surface area (Å²) in [5.74, 6) is 0.807. The minimum atomic E-state index is -3.56. The fraction of sp³-hybridized carbons (Fsp3) is 0.480. The third-order valence-electron chi connectivity index (χ3n) is 6.77. The summed E-state index contributed by atoms with van der Waals surface area (Å²) >= 11 is 0.